The zero-order valence-electron chi connectivity index (χ0n) is 13.4. The van der Waals surface area contributed by atoms with Crippen LogP contribution in [-0.4, -0.2) is 24.4 Å². The third-order valence-electron chi connectivity index (χ3n) is 4.24. The predicted molar refractivity (Wildman–Crippen MR) is 94.3 cm³/mol. The van der Waals surface area contributed by atoms with Crippen molar-refractivity contribution in [2.75, 3.05) is 13.2 Å². The highest BCUT2D eigenvalue weighted by atomic mass is 35.5. The highest BCUT2D eigenvalue weighted by Gasteiger charge is 2.19. The molecule has 0 saturated carbocycles. The van der Waals surface area contributed by atoms with E-state index in [4.69, 9.17) is 26.8 Å². The Morgan fingerprint density at radius 3 is 2.38 bits per heavy atom. The Kier molecular flexibility index (Phi) is 5.74. The summed E-state index contributed by atoms with van der Waals surface area (Å²) in [5.41, 5.74) is 7.76. The molecule has 0 aliphatic carbocycles. The zero-order chi connectivity index (χ0) is 16.9. The molecule has 128 valence electrons. The van der Waals surface area contributed by atoms with Crippen LogP contribution in [0.3, 0.4) is 0 Å². The molecule has 4 nitrogen and oxygen atoms in total. The summed E-state index contributed by atoms with van der Waals surface area (Å²) in [5.74, 6) is 0.779. The number of hydrogen-bond acceptors (Lipinski definition) is 4. The molecule has 3 N–H and O–H groups in total. The maximum atomic E-state index is 10.5. The number of benzene rings is 2. The molecule has 1 heterocycles. The summed E-state index contributed by atoms with van der Waals surface area (Å²) in [7, 11) is 0. The average molecular weight is 348 g/mol. The summed E-state index contributed by atoms with van der Waals surface area (Å²) in [6.07, 6.45) is 1.34. The van der Waals surface area contributed by atoms with E-state index in [-0.39, 0.29) is 6.10 Å². The molecule has 1 aliphatic heterocycles. The van der Waals surface area contributed by atoms with Crippen LogP contribution in [0.4, 0.5) is 0 Å². The summed E-state index contributed by atoms with van der Waals surface area (Å²) in [6.45, 7) is 1.44. The van der Waals surface area contributed by atoms with Gasteiger partial charge in [-0.05, 0) is 48.2 Å². The van der Waals surface area contributed by atoms with Crippen LogP contribution >= 0.6 is 11.6 Å². The van der Waals surface area contributed by atoms with Gasteiger partial charge in [0.1, 0.15) is 11.9 Å². The fourth-order valence-electron chi connectivity index (χ4n) is 2.81. The lowest BCUT2D eigenvalue weighted by Crippen LogP contribution is -2.28. The normalized spacial score (nSPS) is 20.4. The second-order valence-corrected chi connectivity index (χ2v) is 6.48. The third-order valence-corrected chi connectivity index (χ3v) is 4.49. The maximum Gasteiger partial charge on any atom is 0.122 e. The minimum absolute atomic E-state index is 0.103. The molecule has 2 aromatic carbocycles. The number of hydrogen-bond donors (Lipinski definition) is 2. The van der Waals surface area contributed by atoms with Crippen LogP contribution < -0.4 is 10.5 Å². The fraction of sp³-hybridized carbons (Fsp3) is 0.368. The molecule has 1 aliphatic rings. The Labute approximate surface area is 147 Å². The van der Waals surface area contributed by atoms with Gasteiger partial charge in [0.2, 0.25) is 0 Å². The Hall–Kier alpha value is -1.59. The fourth-order valence-corrected chi connectivity index (χ4v) is 2.94. The molecule has 1 unspecified atom stereocenters. The van der Waals surface area contributed by atoms with Crippen molar-refractivity contribution in [3.8, 4) is 5.75 Å². The van der Waals surface area contributed by atoms with Crippen molar-refractivity contribution in [2.45, 2.75) is 31.1 Å². The lowest BCUT2D eigenvalue weighted by Gasteiger charge is -2.24. The Balaban J connectivity index is 1.64. The van der Waals surface area contributed by atoms with E-state index in [9.17, 15) is 5.11 Å². The van der Waals surface area contributed by atoms with Gasteiger partial charge < -0.3 is 20.3 Å². The molecule has 24 heavy (non-hydrogen) atoms. The Bertz CT molecular complexity index is 639. The van der Waals surface area contributed by atoms with Gasteiger partial charge in [0, 0.05) is 11.6 Å². The highest BCUT2D eigenvalue weighted by Crippen LogP contribution is 2.29. The molecule has 5 heteroatoms. The van der Waals surface area contributed by atoms with Gasteiger partial charge in [-0.3, -0.25) is 0 Å². The zero-order valence-corrected chi connectivity index (χ0v) is 14.2. The summed E-state index contributed by atoms with van der Waals surface area (Å²) < 4.78 is 11.3. The van der Waals surface area contributed by atoms with E-state index in [2.05, 4.69) is 0 Å². The van der Waals surface area contributed by atoms with Gasteiger partial charge in [0.15, 0.2) is 0 Å². The number of nitrogens with two attached hydrogens (primary N) is 1. The largest absolute Gasteiger partial charge is 0.488 e. The second-order valence-electron chi connectivity index (χ2n) is 6.05. The van der Waals surface area contributed by atoms with Crippen LogP contribution in [0, 0.1) is 0 Å². The molecule has 3 atom stereocenters. The van der Waals surface area contributed by atoms with Crippen LogP contribution in [0.5, 0.6) is 5.75 Å². The van der Waals surface area contributed by atoms with Gasteiger partial charge in [-0.1, -0.05) is 35.9 Å². The summed E-state index contributed by atoms with van der Waals surface area (Å²) in [4.78, 5) is 0. The van der Waals surface area contributed by atoms with Crippen molar-refractivity contribution in [1.82, 2.24) is 0 Å². The van der Waals surface area contributed by atoms with E-state index in [0.717, 1.165) is 36.3 Å². The number of aliphatic hydroxyl groups excluding tert-OH is 1. The van der Waals surface area contributed by atoms with E-state index < -0.39 is 12.1 Å². The van der Waals surface area contributed by atoms with E-state index in [0.29, 0.717) is 11.6 Å². The molecular formula is C19H22ClNO3. The van der Waals surface area contributed by atoms with Crippen LogP contribution in [0.2, 0.25) is 5.02 Å². The first-order chi connectivity index (χ1) is 11.6. The molecule has 0 spiro atoms. The first-order valence-corrected chi connectivity index (χ1v) is 8.55. The molecule has 0 radical (unpaired) electrons. The van der Waals surface area contributed by atoms with Gasteiger partial charge in [-0.15, -0.1) is 0 Å². The number of ether oxygens (including phenoxy) is 2. The van der Waals surface area contributed by atoms with Crippen molar-refractivity contribution in [1.29, 1.82) is 0 Å². The van der Waals surface area contributed by atoms with Crippen LogP contribution in [0.15, 0.2) is 48.5 Å². The lowest BCUT2D eigenvalue weighted by atomic mass is 9.96. The van der Waals surface area contributed by atoms with Crippen LogP contribution in [-0.2, 0) is 4.74 Å². The monoisotopic (exact) mass is 347 g/mol. The van der Waals surface area contributed by atoms with E-state index in [1.807, 2.05) is 36.4 Å². The standard InChI is InChI=1S/C19H22ClNO3/c20-15-7-3-13(4-8-15)18(21)19(22)14-5-9-16(10-6-14)24-17-2-1-11-23-12-17/h3-10,17-19,22H,1-2,11-12,21H2/t17?,18-,19+/m0/s1. The summed E-state index contributed by atoms with van der Waals surface area (Å²) >= 11 is 5.88. The van der Waals surface area contributed by atoms with Crippen molar-refractivity contribution in [3.05, 3.63) is 64.7 Å². The maximum absolute atomic E-state index is 10.5. The van der Waals surface area contributed by atoms with Crippen molar-refractivity contribution in [2.24, 2.45) is 5.73 Å². The van der Waals surface area contributed by atoms with Crippen molar-refractivity contribution >= 4 is 11.6 Å². The summed E-state index contributed by atoms with van der Waals surface area (Å²) in [5, 5.41) is 11.2. The van der Waals surface area contributed by atoms with Crippen molar-refractivity contribution in [3.63, 3.8) is 0 Å². The second kappa shape index (κ2) is 7.99. The third kappa shape index (κ3) is 4.28. The first kappa shape index (κ1) is 17.2. The molecule has 1 fully saturated rings. The summed E-state index contributed by atoms with van der Waals surface area (Å²) in [6, 6.07) is 14.1. The van der Waals surface area contributed by atoms with E-state index >= 15 is 0 Å². The first-order valence-electron chi connectivity index (χ1n) is 8.17. The van der Waals surface area contributed by atoms with Gasteiger partial charge in [0.25, 0.3) is 0 Å². The van der Waals surface area contributed by atoms with Gasteiger partial charge in [0.05, 0.1) is 18.8 Å². The molecular weight excluding hydrogens is 326 g/mol. The Morgan fingerprint density at radius 1 is 1.08 bits per heavy atom. The molecule has 1 saturated heterocycles. The number of aliphatic hydroxyl groups is 1. The minimum Gasteiger partial charge on any atom is -0.488 e. The SMILES string of the molecule is N[C@@H](c1ccc(Cl)cc1)[C@H](O)c1ccc(OC2CCCOC2)cc1. The lowest BCUT2D eigenvalue weighted by molar-refractivity contribution is 0.00740. The van der Waals surface area contributed by atoms with Gasteiger partial charge >= 0.3 is 0 Å². The van der Waals surface area contributed by atoms with Crippen LogP contribution in [0.1, 0.15) is 36.1 Å². The van der Waals surface area contributed by atoms with E-state index in [1.54, 1.807) is 12.1 Å². The highest BCUT2D eigenvalue weighted by molar-refractivity contribution is 6.30. The smallest absolute Gasteiger partial charge is 0.122 e. The number of rotatable bonds is 5. The molecule has 0 amide bonds. The van der Waals surface area contributed by atoms with Gasteiger partial charge in [-0.25, -0.2) is 0 Å². The average Bonchev–Trinajstić information content (AvgIpc) is 2.63. The van der Waals surface area contributed by atoms with Crippen LogP contribution in [0.25, 0.3) is 0 Å². The topological polar surface area (TPSA) is 64.7 Å². The molecule has 3 rings (SSSR count). The van der Waals surface area contributed by atoms with Crippen molar-refractivity contribution < 1.29 is 14.6 Å². The molecule has 0 bridgehead atoms. The number of halogens is 1. The predicted octanol–water partition coefficient (Wildman–Crippen LogP) is 3.63. The molecule has 2 aromatic rings. The van der Waals surface area contributed by atoms with Gasteiger partial charge in [-0.2, -0.15) is 0 Å². The minimum atomic E-state index is -0.793. The molecule has 0 aromatic heterocycles. The van der Waals surface area contributed by atoms with E-state index in [1.165, 1.54) is 0 Å². The Morgan fingerprint density at radius 2 is 1.75 bits per heavy atom. The quantitative estimate of drug-likeness (QED) is 0.866.